The van der Waals surface area contributed by atoms with Crippen molar-refractivity contribution < 1.29 is 18.3 Å². The summed E-state index contributed by atoms with van der Waals surface area (Å²) in [5.74, 6) is -2.27. The van der Waals surface area contributed by atoms with E-state index >= 15 is 0 Å². The summed E-state index contributed by atoms with van der Waals surface area (Å²) in [5, 5.41) is 2.84. The van der Waals surface area contributed by atoms with Gasteiger partial charge in [0.1, 0.15) is 17.2 Å². The molecular weight excluding hydrogens is 240 g/mol. The lowest BCUT2D eigenvalue weighted by atomic mass is 9.90. The first-order valence-corrected chi connectivity index (χ1v) is 5.75. The van der Waals surface area contributed by atoms with Crippen molar-refractivity contribution in [2.75, 3.05) is 13.7 Å². The number of carbonyl (C=O) groups is 1. The zero-order chi connectivity index (χ0) is 13.8. The fraction of sp³-hybridized carbons (Fsp3) is 0.462. The van der Waals surface area contributed by atoms with Gasteiger partial charge in [0.05, 0.1) is 12.7 Å². The third-order valence-electron chi connectivity index (χ3n) is 2.78. The molecule has 0 amide bonds. The molecule has 0 aliphatic carbocycles. The van der Waals surface area contributed by atoms with E-state index in [0.717, 1.165) is 18.6 Å². The van der Waals surface area contributed by atoms with Crippen LogP contribution in [-0.4, -0.2) is 19.6 Å². The Bertz CT molecular complexity index is 417. The van der Waals surface area contributed by atoms with Crippen molar-refractivity contribution in [2.24, 2.45) is 0 Å². The normalized spacial score (nSPS) is 14.1. The monoisotopic (exact) mass is 257 g/mol. The number of benzene rings is 1. The predicted molar refractivity (Wildman–Crippen MR) is 64.0 cm³/mol. The molecule has 0 aromatic heterocycles. The van der Waals surface area contributed by atoms with Gasteiger partial charge in [-0.1, -0.05) is 13.0 Å². The Kier molecular flexibility index (Phi) is 4.78. The molecule has 1 aromatic carbocycles. The van der Waals surface area contributed by atoms with Crippen LogP contribution < -0.4 is 5.32 Å². The molecule has 1 unspecified atom stereocenters. The van der Waals surface area contributed by atoms with Crippen LogP contribution in [0.5, 0.6) is 0 Å². The molecule has 0 radical (unpaired) electrons. The topological polar surface area (TPSA) is 38.3 Å². The predicted octanol–water partition coefficient (Wildman–Crippen LogP) is 2.35. The summed E-state index contributed by atoms with van der Waals surface area (Å²) >= 11 is 0. The lowest BCUT2D eigenvalue weighted by Crippen LogP contribution is -2.49. The van der Waals surface area contributed by atoms with Gasteiger partial charge in [-0.3, -0.25) is 5.32 Å². The van der Waals surface area contributed by atoms with Crippen molar-refractivity contribution in [2.45, 2.75) is 25.8 Å². The summed E-state index contributed by atoms with van der Waals surface area (Å²) in [6.07, 6.45) is 0.725. The number of nitrogens with one attached hydrogen (secondary N) is 1. The largest absolute Gasteiger partial charge is 0.467 e. The lowest BCUT2D eigenvalue weighted by Gasteiger charge is -2.29. The third-order valence-corrected chi connectivity index (χ3v) is 2.78. The summed E-state index contributed by atoms with van der Waals surface area (Å²) < 4.78 is 32.2. The van der Waals surface area contributed by atoms with E-state index in [4.69, 9.17) is 0 Å². The molecule has 0 spiro atoms. The molecule has 5 heteroatoms. The minimum atomic E-state index is -1.53. The fourth-order valence-electron chi connectivity index (χ4n) is 1.82. The Morgan fingerprint density at radius 3 is 2.39 bits per heavy atom. The Labute approximate surface area is 105 Å². The first-order chi connectivity index (χ1) is 8.47. The molecule has 0 bridgehead atoms. The molecule has 0 saturated carbocycles. The number of hydrogen-bond donors (Lipinski definition) is 1. The van der Waals surface area contributed by atoms with E-state index in [1.165, 1.54) is 20.1 Å². The van der Waals surface area contributed by atoms with Gasteiger partial charge in [0.2, 0.25) is 0 Å². The second-order valence-corrected chi connectivity index (χ2v) is 4.14. The number of halogens is 2. The van der Waals surface area contributed by atoms with Crippen LogP contribution in [0, 0.1) is 11.6 Å². The van der Waals surface area contributed by atoms with Crippen LogP contribution in [0.25, 0.3) is 0 Å². The van der Waals surface area contributed by atoms with Crippen molar-refractivity contribution in [3.8, 4) is 0 Å². The second-order valence-electron chi connectivity index (χ2n) is 4.14. The molecule has 0 aliphatic heterocycles. The molecule has 0 aliphatic rings. The zero-order valence-corrected chi connectivity index (χ0v) is 10.7. The molecule has 1 atom stereocenters. The van der Waals surface area contributed by atoms with Crippen LogP contribution in [0.3, 0.4) is 0 Å². The van der Waals surface area contributed by atoms with Gasteiger partial charge in [-0.2, -0.15) is 0 Å². The maximum absolute atomic E-state index is 13.8. The number of methoxy groups -OCH3 is 1. The molecular formula is C13H17F2NO2. The fourth-order valence-corrected chi connectivity index (χ4v) is 1.82. The van der Waals surface area contributed by atoms with Gasteiger partial charge in [-0.05, 0) is 32.0 Å². The van der Waals surface area contributed by atoms with Gasteiger partial charge in [-0.15, -0.1) is 0 Å². The number of carbonyl (C=O) groups excluding carboxylic acids is 1. The smallest absolute Gasteiger partial charge is 0.330 e. The van der Waals surface area contributed by atoms with Gasteiger partial charge in [0, 0.05) is 0 Å². The molecule has 3 nitrogen and oxygen atoms in total. The van der Waals surface area contributed by atoms with Crippen molar-refractivity contribution in [1.82, 2.24) is 5.32 Å². The Morgan fingerprint density at radius 2 is 1.94 bits per heavy atom. The molecule has 0 fully saturated rings. The van der Waals surface area contributed by atoms with Crippen molar-refractivity contribution in [3.05, 3.63) is 35.4 Å². The van der Waals surface area contributed by atoms with Crippen molar-refractivity contribution >= 4 is 5.97 Å². The highest BCUT2D eigenvalue weighted by Gasteiger charge is 2.40. The second kappa shape index (κ2) is 5.91. The average molecular weight is 257 g/mol. The maximum atomic E-state index is 13.8. The maximum Gasteiger partial charge on any atom is 0.330 e. The minimum absolute atomic E-state index is 0.315. The standard InChI is InChI=1S/C13H17F2NO2/c1-4-8-16-13(2,12(17)18-3)11-9(14)6-5-7-10(11)15/h5-7,16H,4,8H2,1-3H3. The number of hydrogen-bond acceptors (Lipinski definition) is 3. The SMILES string of the molecule is CCCNC(C)(C(=O)OC)c1c(F)cccc1F. The highest BCUT2D eigenvalue weighted by Crippen LogP contribution is 2.27. The molecule has 18 heavy (non-hydrogen) atoms. The van der Waals surface area contributed by atoms with Crippen LogP contribution in [0.1, 0.15) is 25.8 Å². The average Bonchev–Trinajstić information content (AvgIpc) is 2.35. The Morgan fingerprint density at radius 1 is 1.39 bits per heavy atom. The van der Waals surface area contributed by atoms with Crippen LogP contribution in [0.4, 0.5) is 8.78 Å². The van der Waals surface area contributed by atoms with Gasteiger partial charge < -0.3 is 4.74 Å². The molecule has 0 heterocycles. The van der Waals surface area contributed by atoms with Gasteiger partial charge in [0.25, 0.3) is 0 Å². The number of ether oxygens (including phenoxy) is 1. The summed E-state index contributed by atoms with van der Waals surface area (Å²) in [5.41, 5.74) is -1.84. The Balaban J connectivity index is 3.29. The van der Waals surface area contributed by atoms with Crippen LogP contribution in [-0.2, 0) is 15.1 Å². The zero-order valence-electron chi connectivity index (χ0n) is 10.7. The van der Waals surface area contributed by atoms with Gasteiger partial charge >= 0.3 is 5.97 Å². The summed E-state index contributed by atoms with van der Waals surface area (Å²) in [4.78, 5) is 11.8. The van der Waals surface area contributed by atoms with Crippen molar-refractivity contribution in [1.29, 1.82) is 0 Å². The highest BCUT2D eigenvalue weighted by atomic mass is 19.1. The number of rotatable bonds is 5. The first-order valence-electron chi connectivity index (χ1n) is 5.75. The molecule has 100 valence electrons. The molecule has 1 aromatic rings. The summed E-state index contributed by atoms with van der Waals surface area (Å²) in [7, 11) is 1.19. The quantitative estimate of drug-likeness (QED) is 0.823. The van der Waals surface area contributed by atoms with E-state index < -0.39 is 23.1 Å². The van der Waals surface area contributed by atoms with Gasteiger partial charge in [-0.25, -0.2) is 13.6 Å². The molecule has 1 rings (SSSR count). The minimum Gasteiger partial charge on any atom is -0.467 e. The van der Waals surface area contributed by atoms with E-state index in [1.807, 2.05) is 6.92 Å². The van der Waals surface area contributed by atoms with E-state index in [1.54, 1.807) is 0 Å². The third kappa shape index (κ3) is 2.67. The van der Waals surface area contributed by atoms with Gasteiger partial charge in [0.15, 0.2) is 0 Å². The van der Waals surface area contributed by atoms with Crippen LogP contribution in [0.2, 0.25) is 0 Å². The van der Waals surface area contributed by atoms with E-state index in [9.17, 15) is 13.6 Å². The summed E-state index contributed by atoms with van der Waals surface area (Å²) in [6.45, 7) is 3.75. The van der Waals surface area contributed by atoms with Crippen LogP contribution in [0.15, 0.2) is 18.2 Å². The molecule has 1 N–H and O–H groups in total. The first kappa shape index (κ1) is 14.6. The Hall–Kier alpha value is -1.49. The summed E-state index contributed by atoms with van der Waals surface area (Å²) in [6, 6.07) is 3.49. The van der Waals surface area contributed by atoms with Crippen LogP contribution >= 0.6 is 0 Å². The highest BCUT2D eigenvalue weighted by molar-refractivity contribution is 5.82. The van der Waals surface area contributed by atoms with Crippen molar-refractivity contribution in [3.63, 3.8) is 0 Å². The van der Waals surface area contributed by atoms with E-state index in [0.29, 0.717) is 6.54 Å². The van der Waals surface area contributed by atoms with E-state index in [2.05, 4.69) is 10.1 Å². The lowest BCUT2D eigenvalue weighted by molar-refractivity contribution is -0.148. The number of esters is 1. The van der Waals surface area contributed by atoms with E-state index in [-0.39, 0.29) is 5.56 Å². The molecule has 0 saturated heterocycles.